The molecule has 116 valence electrons. The Morgan fingerprint density at radius 1 is 1.09 bits per heavy atom. The van der Waals surface area contributed by atoms with E-state index >= 15 is 0 Å². The van der Waals surface area contributed by atoms with Gasteiger partial charge in [0.25, 0.3) is 5.91 Å². The molecule has 0 aliphatic rings. The van der Waals surface area contributed by atoms with Crippen molar-refractivity contribution in [1.82, 2.24) is 0 Å². The standard InChI is InChI=1S/C19H17NO3/c1-13-11-15(21)9-10-17(13)20-19(22)12-23-18-8-4-6-14-5-2-3-7-16(14)18/h2-11,21H,12H2,1H3,(H,20,22). The molecule has 0 atom stereocenters. The van der Waals surface area contributed by atoms with Crippen molar-refractivity contribution in [3.63, 3.8) is 0 Å². The van der Waals surface area contributed by atoms with Crippen molar-refractivity contribution in [1.29, 1.82) is 0 Å². The Morgan fingerprint density at radius 2 is 1.87 bits per heavy atom. The minimum absolute atomic E-state index is 0.0751. The first-order chi connectivity index (χ1) is 11.1. The largest absolute Gasteiger partial charge is 0.508 e. The zero-order valence-electron chi connectivity index (χ0n) is 12.7. The summed E-state index contributed by atoms with van der Waals surface area (Å²) in [6, 6.07) is 18.4. The predicted molar refractivity (Wildman–Crippen MR) is 90.9 cm³/mol. The third kappa shape index (κ3) is 3.43. The van der Waals surface area contributed by atoms with E-state index in [-0.39, 0.29) is 18.3 Å². The molecule has 23 heavy (non-hydrogen) atoms. The lowest BCUT2D eigenvalue weighted by Gasteiger charge is -2.11. The van der Waals surface area contributed by atoms with Crippen molar-refractivity contribution in [2.24, 2.45) is 0 Å². The maximum absolute atomic E-state index is 12.1. The molecule has 4 nitrogen and oxygen atoms in total. The Bertz CT molecular complexity index is 853. The van der Waals surface area contributed by atoms with Gasteiger partial charge in [-0.15, -0.1) is 0 Å². The van der Waals surface area contributed by atoms with Crippen LogP contribution in [-0.2, 0) is 4.79 Å². The van der Waals surface area contributed by atoms with Crippen LogP contribution in [0.1, 0.15) is 5.56 Å². The number of aryl methyl sites for hydroxylation is 1. The highest BCUT2D eigenvalue weighted by Crippen LogP contribution is 2.25. The quantitative estimate of drug-likeness (QED) is 0.719. The number of hydrogen-bond donors (Lipinski definition) is 2. The van der Waals surface area contributed by atoms with Gasteiger partial charge in [0, 0.05) is 11.1 Å². The molecule has 0 aromatic heterocycles. The topological polar surface area (TPSA) is 58.6 Å². The van der Waals surface area contributed by atoms with Crippen molar-refractivity contribution in [2.75, 3.05) is 11.9 Å². The molecule has 0 fully saturated rings. The van der Waals surface area contributed by atoms with E-state index in [1.54, 1.807) is 12.1 Å². The lowest BCUT2D eigenvalue weighted by Crippen LogP contribution is -2.20. The first-order valence-corrected chi connectivity index (χ1v) is 7.33. The lowest BCUT2D eigenvalue weighted by molar-refractivity contribution is -0.118. The van der Waals surface area contributed by atoms with Crippen LogP contribution in [0.5, 0.6) is 11.5 Å². The summed E-state index contributed by atoms with van der Waals surface area (Å²) in [5.41, 5.74) is 1.46. The molecule has 4 heteroatoms. The van der Waals surface area contributed by atoms with Crippen LogP contribution in [-0.4, -0.2) is 17.6 Å². The SMILES string of the molecule is Cc1cc(O)ccc1NC(=O)COc1cccc2ccccc12. The number of carbonyl (C=O) groups is 1. The number of phenols is 1. The highest BCUT2D eigenvalue weighted by Gasteiger charge is 2.08. The van der Waals surface area contributed by atoms with E-state index in [9.17, 15) is 9.90 Å². The fraction of sp³-hybridized carbons (Fsp3) is 0.105. The molecule has 0 unspecified atom stereocenters. The zero-order valence-corrected chi connectivity index (χ0v) is 12.7. The average Bonchev–Trinajstić information content (AvgIpc) is 2.55. The minimum Gasteiger partial charge on any atom is -0.508 e. The zero-order chi connectivity index (χ0) is 16.2. The highest BCUT2D eigenvalue weighted by atomic mass is 16.5. The van der Waals surface area contributed by atoms with Crippen molar-refractivity contribution in [3.05, 3.63) is 66.2 Å². The second-order valence-electron chi connectivity index (χ2n) is 5.31. The number of anilines is 1. The summed E-state index contributed by atoms with van der Waals surface area (Å²) >= 11 is 0. The third-order valence-corrected chi connectivity index (χ3v) is 3.59. The number of ether oxygens (including phenoxy) is 1. The fourth-order valence-corrected chi connectivity index (χ4v) is 2.44. The van der Waals surface area contributed by atoms with Crippen molar-refractivity contribution < 1.29 is 14.6 Å². The van der Waals surface area contributed by atoms with Gasteiger partial charge in [-0.3, -0.25) is 4.79 Å². The van der Waals surface area contributed by atoms with Gasteiger partial charge in [-0.25, -0.2) is 0 Å². The molecule has 3 rings (SSSR count). The summed E-state index contributed by atoms with van der Waals surface area (Å²) in [5.74, 6) is 0.611. The predicted octanol–water partition coefficient (Wildman–Crippen LogP) is 3.87. The van der Waals surface area contributed by atoms with Crippen LogP contribution in [0.15, 0.2) is 60.7 Å². The second-order valence-corrected chi connectivity index (χ2v) is 5.31. The molecule has 0 aliphatic heterocycles. The van der Waals surface area contributed by atoms with Crippen LogP contribution in [0.2, 0.25) is 0 Å². The van der Waals surface area contributed by atoms with Gasteiger partial charge in [-0.2, -0.15) is 0 Å². The third-order valence-electron chi connectivity index (χ3n) is 3.59. The van der Waals surface area contributed by atoms with E-state index in [0.29, 0.717) is 11.4 Å². The summed E-state index contributed by atoms with van der Waals surface area (Å²) in [6.07, 6.45) is 0. The fourth-order valence-electron chi connectivity index (χ4n) is 2.44. The van der Waals surface area contributed by atoms with E-state index < -0.39 is 0 Å². The molecule has 0 bridgehead atoms. The molecule has 0 saturated heterocycles. The molecule has 0 radical (unpaired) electrons. The van der Waals surface area contributed by atoms with Gasteiger partial charge in [0.05, 0.1) is 0 Å². The summed E-state index contributed by atoms with van der Waals surface area (Å²) < 4.78 is 5.66. The van der Waals surface area contributed by atoms with Crippen LogP contribution in [0, 0.1) is 6.92 Å². The van der Waals surface area contributed by atoms with Crippen molar-refractivity contribution in [3.8, 4) is 11.5 Å². The summed E-state index contributed by atoms with van der Waals surface area (Å²) in [7, 11) is 0. The summed E-state index contributed by atoms with van der Waals surface area (Å²) in [4.78, 5) is 12.1. The first kappa shape index (κ1) is 14.9. The molecule has 0 aliphatic carbocycles. The molecule has 3 aromatic carbocycles. The van der Waals surface area contributed by atoms with Crippen LogP contribution in [0.3, 0.4) is 0 Å². The van der Waals surface area contributed by atoms with Gasteiger partial charge < -0.3 is 15.2 Å². The van der Waals surface area contributed by atoms with Gasteiger partial charge in [-0.05, 0) is 42.1 Å². The molecular formula is C19H17NO3. The molecule has 1 amide bonds. The van der Waals surface area contributed by atoms with E-state index in [0.717, 1.165) is 16.3 Å². The number of hydrogen-bond acceptors (Lipinski definition) is 3. The molecule has 2 N–H and O–H groups in total. The Morgan fingerprint density at radius 3 is 2.70 bits per heavy atom. The molecule has 0 heterocycles. The molecule has 0 spiro atoms. The first-order valence-electron chi connectivity index (χ1n) is 7.33. The minimum atomic E-state index is -0.244. The number of carbonyl (C=O) groups excluding carboxylic acids is 1. The van der Waals surface area contributed by atoms with Crippen molar-refractivity contribution >= 4 is 22.4 Å². The monoisotopic (exact) mass is 307 g/mol. The molecule has 3 aromatic rings. The van der Waals surface area contributed by atoms with E-state index in [1.807, 2.05) is 49.4 Å². The van der Waals surface area contributed by atoms with Crippen molar-refractivity contribution in [2.45, 2.75) is 6.92 Å². The smallest absolute Gasteiger partial charge is 0.262 e. The Kier molecular flexibility index (Phi) is 4.15. The molecule has 0 saturated carbocycles. The van der Waals surface area contributed by atoms with E-state index in [2.05, 4.69) is 5.32 Å². The van der Waals surface area contributed by atoms with Gasteiger partial charge in [0.2, 0.25) is 0 Å². The van der Waals surface area contributed by atoms with Gasteiger partial charge >= 0.3 is 0 Å². The number of fused-ring (bicyclic) bond motifs is 1. The Balaban J connectivity index is 1.69. The number of benzene rings is 3. The second kappa shape index (κ2) is 6.40. The number of amides is 1. The highest BCUT2D eigenvalue weighted by molar-refractivity contribution is 5.93. The number of aromatic hydroxyl groups is 1. The van der Waals surface area contributed by atoms with Crippen LogP contribution >= 0.6 is 0 Å². The Labute approximate surface area is 134 Å². The summed E-state index contributed by atoms with van der Waals surface area (Å²) in [5, 5.41) is 14.2. The normalized spacial score (nSPS) is 10.5. The van der Waals surface area contributed by atoms with Gasteiger partial charge in [0.15, 0.2) is 6.61 Å². The summed E-state index contributed by atoms with van der Waals surface area (Å²) in [6.45, 7) is 1.75. The number of nitrogens with one attached hydrogen (secondary N) is 1. The van der Waals surface area contributed by atoms with Crippen LogP contribution < -0.4 is 10.1 Å². The van der Waals surface area contributed by atoms with Crippen LogP contribution in [0.25, 0.3) is 10.8 Å². The average molecular weight is 307 g/mol. The maximum Gasteiger partial charge on any atom is 0.262 e. The van der Waals surface area contributed by atoms with E-state index in [1.165, 1.54) is 6.07 Å². The lowest BCUT2D eigenvalue weighted by atomic mass is 10.1. The number of phenolic OH excluding ortho intramolecular Hbond substituents is 1. The van der Waals surface area contributed by atoms with Gasteiger partial charge in [0.1, 0.15) is 11.5 Å². The molecular weight excluding hydrogens is 290 g/mol. The van der Waals surface area contributed by atoms with E-state index in [4.69, 9.17) is 4.74 Å². The van der Waals surface area contributed by atoms with Gasteiger partial charge in [-0.1, -0.05) is 36.4 Å². The van der Waals surface area contributed by atoms with Crippen LogP contribution in [0.4, 0.5) is 5.69 Å². The Hall–Kier alpha value is -3.01. The number of rotatable bonds is 4. The maximum atomic E-state index is 12.1.